The predicted molar refractivity (Wildman–Crippen MR) is 91.7 cm³/mol. The van der Waals surface area contributed by atoms with Crippen molar-refractivity contribution >= 4 is 33.3 Å². The first kappa shape index (κ1) is 16.0. The standard InChI is InChI=1S/C18H21NO3S/c20-17(10-12-11-23-16-9-5-4-6-13(12)16)19-15-8-3-1-2-7-14(15)18(21)22/h4-6,9,11,14-15H,1-3,7-8,10H2,(H,19,20)(H,21,22)/t14-,15+/m1/s1. The molecule has 122 valence electrons. The van der Waals surface area contributed by atoms with Crippen LogP contribution in [0.25, 0.3) is 10.1 Å². The minimum absolute atomic E-state index is 0.0771. The highest BCUT2D eigenvalue weighted by Crippen LogP contribution is 2.27. The lowest BCUT2D eigenvalue weighted by molar-refractivity contribution is -0.143. The van der Waals surface area contributed by atoms with Crippen LogP contribution in [-0.2, 0) is 16.0 Å². The van der Waals surface area contributed by atoms with Crippen molar-refractivity contribution in [3.05, 3.63) is 35.2 Å². The molecule has 3 rings (SSSR count). The van der Waals surface area contributed by atoms with Crippen molar-refractivity contribution in [3.63, 3.8) is 0 Å². The fourth-order valence-electron chi connectivity index (χ4n) is 3.38. The average Bonchev–Trinajstić information content (AvgIpc) is 2.77. The fourth-order valence-corrected chi connectivity index (χ4v) is 4.34. The van der Waals surface area contributed by atoms with Crippen LogP contribution in [0.3, 0.4) is 0 Å². The number of carboxylic acid groups (broad SMARTS) is 1. The van der Waals surface area contributed by atoms with Gasteiger partial charge in [-0.05, 0) is 35.2 Å². The number of fused-ring (bicyclic) bond motifs is 1. The van der Waals surface area contributed by atoms with Gasteiger partial charge < -0.3 is 10.4 Å². The van der Waals surface area contributed by atoms with Crippen LogP contribution in [0.1, 0.15) is 37.7 Å². The number of amides is 1. The number of thiophene rings is 1. The molecule has 1 heterocycles. The summed E-state index contributed by atoms with van der Waals surface area (Å²) in [6.45, 7) is 0. The van der Waals surface area contributed by atoms with E-state index in [0.717, 1.165) is 36.6 Å². The molecule has 1 aliphatic carbocycles. The van der Waals surface area contributed by atoms with E-state index in [0.29, 0.717) is 12.8 Å². The van der Waals surface area contributed by atoms with E-state index >= 15 is 0 Å². The van der Waals surface area contributed by atoms with Crippen LogP contribution in [0.5, 0.6) is 0 Å². The molecule has 1 aliphatic rings. The molecule has 0 saturated heterocycles. The molecule has 1 fully saturated rings. The maximum atomic E-state index is 12.4. The topological polar surface area (TPSA) is 66.4 Å². The molecule has 0 spiro atoms. The van der Waals surface area contributed by atoms with Crippen molar-refractivity contribution in [2.24, 2.45) is 5.92 Å². The average molecular weight is 331 g/mol. The van der Waals surface area contributed by atoms with Gasteiger partial charge in [0.15, 0.2) is 0 Å². The van der Waals surface area contributed by atoms with E-state index in [1.165, 1.54) is 4.70 Å². The number of benzene rings is 1. The first-order valence-electron chi connectivity index (χ1n) is 8.12. The minimum Gasteiger partial charge on any atom is -0.481 e. The Hall–Kier alpha value is -1.88. The highest BCUT2D eigenvalue weighted by Gasteiger charge is 2.30. The first-order chi connectivity index (χ1) is 11.1. The second-order valence-electron chi connectivity index (χ2n) is 6.19. The predicted octanol–water partition coefficient (Wildman–Crippen LogP) is 3.59. The molecular formula is C18H21NO3S. The molecule has 0 radical (unpaired) electrons. The summed E-state index contributed by atoms with van der Waals surface area (Å²) in [5.74, 6) is -1.33. The monoisotopic (exact) mass is 331 g/mol. The molecule has 1 saturated carbocycles. The van der Waals surface area contributed by atoms with Crippen LogP contribution in [0.2, 0.25) is 0 Å². The smallest absolute Gasteiger partial charge is 0.308 e. The molecular weight excluding hydrogens is 310 g/mol. The van der Waals surface area contributed by atoms with Crippen molar-refractivity contribution in [1.82, 2.24) is 5.32 Å². The third kappa shape index (κ3) is 3.72. The van der Waals surface area contributed by atoms with E-state index in [-0.39, 0.29) is 11.9 Å². The summed E-state index contributed by atoms with van der Waals surface area (Å²) in [6, 6.07) is 7.80. The van der Waals surface area contributed by atoms with E-state index < -0.39 is 11.9 Å². The Morgan fingerprint density at radius 1 is 1.17 bits per heavy atom. The second kappa shape index (κ2) is 7.13. The van der Waals surface area contributed by atoms with E-state index in [9.17, 15) is 14.7 Å². The maximum Gasteiger partial charge on any atom is 0.308 e. The number of aliphatic carboxylic acids is 1. The Morgan fingerprint density at radius 2 is 1.96 bits per heavy atom. The zero-order valence-corrected chi connectivity index (χ0v) is 13.8. The number of carboxylic acids is 1. The molecule has 0 bridgehead atoms. The molecule has 2 atom stereocenters. The number of hydrogen-bond acceptors (Lipinski definition) is 3. The molecule has 5 heteroatoms. The SMILES string of the molecule is O=C(Cc1csc2ccccc12)N[C@H]1CCCCC[C@H]1C(=O)O. The zero-order valence-electron chi connectivity index (χ0n) is 13.0. The summed E-state index contributed by atoms with van der Waals surface area (Å²) in [4.78, 5) is 23.8. The van der Waals surface area contributed by atoms with Gasteiger partial charge in [-0.3, -0.25) is 9.59 Å². The number of carbonyl (C=O) groups excluding carboxylic acids is 1. The van der Waals surface area contributed by atoms with Gasteiger partial charge in [-0.2, -0.15) is 0 Å². The molecule has 4 nitrogen and oxygen atoms in total. The van der Waals surface area contributed by atoms with Crippen molar-refractivity contribution in [2.45, 2.75) is 44.6 Å². The van der Waals surface area contributed by atoms with Crippen LogP contribution in [-0.4, -0.2) is 23.0 Å². The number of carbonyl (C=O) groups is 2. The Morgan fingerprint density at radius 3 is 2.78 bits per heavy atom. The van der Waals surface area contributed by atoms with Gasteiger partial charge in [0.05, 0.1) is 12.3 Å². The van der Waals surface area contributed by atoms with Crippen molar-refractivity contribution < 1.29 is 14.7 Å². The van der Waals surface area contributed by atoms with E-state index in [1.54, 1.807) is 11.3 Å². The first-order valence-corrected chi connectivity index (χ1v) is 9.00. The van der Waals surface area contributed by atoms with E-state index in [1.807, 2.05) is 29.6 Å². The van der Waals surface area contributed by atoms with Gasteiger partial charge in [0, 0.05) is 10.7 Å². The summed E-state index contributed by atoms with van der Waals surface area (Å²) < 4.78 is 1.17. The van der Waals surface area contributed by atoms with Crippen LogP contribution >= 0.6 is 11.3 Å². The normalized spacial score (nSPS) is 21.7. The van der Waals surface area contributed by atoms with Gasteiger partial charge in [-0.15, -0.1) is 11.3 Å². The molecule has 1 aromatic heterocycles. The van der Waals surface area contributed by atoms with Gasteiger partial charge in [0.25, 0.3) is 0 Å². The van der Waals surface area contributed by atoms with Gasteiger partial charge in [-0.1, -0.05) is 37.5 Å². The Labute approximate surface area is 139 Å². The third-order valence-electron chi connectivity index (χ3n) is 4.59. The molecule has 2 aromatic rings. The second-order valence-corrected chi connectivity index (χ2v) is 7.10. The lowest BCUT2D eigenvalue weighted by atomic mass is 9.94. The van der Waals surface area contributed by atoms with Gasteiger partial charge in [0.2, 0.25) is 5.91 Å². The van der Waals surface area contributed by atoms with Gasteiger partial charge in [0.1, 0.15) is 0 Å². The summed E-state index contributed by atoms with van der Waals surface area (Å²) >= 11 is 1.64. The molecule has 1 aromatic carbocycles. The summed E-state index contributed by atoms with van der Waals surface area (Å²) in [5, 5.41) is 15.5. The lowest BCUT2D eigenvalue weighted by Gasteiger charge is -2.22. The summed E-state index contributed by atoms with van der Waals surface area (Å²) in [5.41, 5.74) is 1.02. The Kier molecular flexibility index (Phi) is 4.96. The fraction of sp³-hybridized carbons (Fsp3) is 0.444. The highest BCUT2D eigenvalue weighted by atomic mass is 32.1. The van der Waals surface area contributed by atoms with Crippen molar-refractivity contribution in [3.8, 4) is 0 Å². The molecule has 0 unspecified atom stereocenters. The van der Waals surface area contributed by atoms with Crippen LogP contribution in [0.4, 0.5) is 0 Å². The van der Waals surface area contributed by atoms with Crippen LogP contribution in [0, 0.1) is 5.92 Å². The van der Waals surface area contributed by atoms with Crippen LogP contribution < -0.4 is 5.32 Å². The molecule has 0 aliphatic heterocycles. The van der Waals surface area contributed by atoms with Crippen molar-refractivity contribution in [2.75, 3.05) is 0 Å². The van der Waals surface area contributed by atoms with Crippen molar-refractivity contribution in [1.29, 1.82) is 0 Å². The largest absolute Gasteiger partial charge is 0.481 e. The molecule has 23 heavy (non-hydrogen) atoms. The maximum absolute atomic E-state index is 12.4. The molecule has 1 amide bonds. The van der Waals surface area contributed by atoms with E-state index in [4.69, 9.17) is 0 Å². The van der Waals surface area contributed by atoms with Crippen LogP contribution in [0.15, 0.2) is 29.6 Å². The Bertz CT molecular complexity index is 709. The number of hydrogen-bond donors (Lipinski definition) is 2. The van der Waals surface area contributed by atoms with Gasteiger partial charge in [-0.25, -0.2) is 0 Å². The number of rotatable bonds is 4. The zero-order chi connectivity index (χ0) is 16.2. The van der Waals surface area contributed by atoms with E-state index in [2.05, 4.69) is 5.32 Å². The third-order valence-corrected chi connectivity index (χ3v) is 5.60. The minimum atomic E-state index is -0.793. The van der Waals surface area contributed by atoms with Gasteiger partial charge >= 0.3 is 5.97 Å². The summed E-state index contributed by atoms with van der Waals surface area (Å²) in [7, 11) is 0. The highest BCUT2D eigenvalue weighted by molar-refractivity contribution is 7.17. The quantitative estimate of drug-likeness (QED) is 0.841. The molecule has 2 N–H and O–H groups in total. The Balaban J connectivity index is 1.69. The summed E-state index contributed by atoms with van der Waals surface area (Å²) in [6.07, 6.45) is 4.68. The number of nitrogens with one attached hydrogen (secondary N) is 1. The lowest BCUT2D eigenvalue weighted by Crippen LogP contribution is -2.43.